The van der Waals surface area contributed by atoms with E-state index >= 15 is 0 Å². The first-order valence-electron chi connectivity index (χ1n) is 6.50. The zero-order valence-electron chi connectivity index (χ0n) is 11.8. The Labute approximate surface area is 115 Å². The van der Waals surface area contributed by atoms with Crippen LogP contribution in [0.5, 0.6) is 0 Å². The minimum absolute atomic E-state index is 0.170. The molecule has 0 aromatic carbocycles. The van der Waals surface area contributed by atoms with Gasteiger partial charge in [-0.2, -0.15) is 17.0 Å². The third-order valence-electron chi connectivity index (χ3n) is 3.38. The van der Waals surface area contributed by atoms with Gasteiger partial charge in [-0.05, 0) is 33.2 Å². The predicted octanol–water partition coefficient (Wildman–Crippen LogP) is -0.889. The molecule has 19 heavy (non-hydrogen) atoms. The van der Waals surface area contributed by atoms with Crippen LogP contribution in [0.25, 0.3) is 0 Å². The van der Waals surface area contributed by atoms with E-state index < -0.39 is 16.1 Å². The van der Waals surface area contributed by atoms with Crippen LogP contribution in [0.4, 0.5) is 0 Å². The monoisotopic (exact) mass is 292 g/mol. The Kier molecular flexibility index (Phi) is 5.72. The van der Waals surface area contributed by atoms with Crippen molar-refractivity contribution in [1.82, 2.24) is 13.9 Å². The molecule has 0 spiro atoms. The molecule has 1 aliphatic heterocycles. The van der Waals surface area contributed by atoms with Crippen molar-refractivity contribution in [1.29, 1.82) is 0 Å². The number of piperidine rings is 1. The molecule has 0 radical (unpaired) electrons. The highest BCUT2D eigenvalue weighted by molar-refractivity contribution is 7.86. The number of nitrogens with one attached hydrogen (secondary N) is 1. The number of rotatable bonds is 6. The zero-order chi connectivity index (χ0) is 14.6. The topological polar surface area (TPSA) is 95.7 Å². The second-order valence-corrected chi connectivity index (χ2v) is 7.07. The largest absolute Gasteiger partial charge is 0.369 e. The third-order valence-corrected chi connectivity index (χ3v) is 5.55. The van der Waals surface area contributed by atoms with Crippen molar-refractivity contribution in [3.63, 3.8) is 0 Å². The quantitative estimate of drug-likeness (QED) is 0.664. The first-order chi connectivity index (χ1) is 8.76. The lowest BCUT2D eigenvalue weighted by Gasteiger charge is -2.36. The maximum atomic E-state index is 12.5. The fourth-order valence-corrected chi connectivity index (χ4v) is 3.77. The lowest BCUT2D eigenvalue weighted by atomic mass is 10.1. The summed E-state index contributed by atoms with van der Waals surface area (Å²) in [5, 5.41) is 3.15. The summed E-state index contributed by atoms with van der Waals surface area (Å²) in [5.41, 5.74) is 5.19. The molecular weight excluding hydrogens is 268 g/mol. The Balaban J connectivity index is 2.98. The summed E-state index contributed by atoms with van der Waals surface area (Å²) in [6.45, 7) is 4.74. The van der Waals surface area contributed by atoms with E-state index in [-0.39, 0.29) is 18.6 Å². The Morgan fingerprint density at radius 3 is 2.53 bits per heavy atom. The Morgan fingerprint density at radius 1 is 1.47 bits per heavy atom. The van der Waals surface area contributed by atoms with Gasteiger partial charge in [-0.1, -0.05) is 0 Å². The Bertz CT molecular complexity index is 404. The highest BCUT2D eigenvalue weighted by Crippen LogP contribution is 2.18. The highest BCUT2D eigenvalue weighted by Gasteiger charge is 2.35. The number of nitrogens with two attached hydrogens (primary N) is 1. The van der Waals surface area contributed by atoms with Gasteiger partial charge in [-0.3, -0.25) is 4.79 Å². The normalized spacial score (nSPS) is 21.3. The average Bonchev–Trinajstić information content (AvgIpc) is 2.35. The minimum atomic E-state index is -3.67. The van der Waals surface area contributed by atoms with E-state index in [4.69, 9.17) is 5.73 Å². The van der Waals surface area contributed by atoms with E-state index in [9.17, 15) is 13.2 Å². The van der Waals surface area contributed by atoms with Crippen molar-refractivity contribution >= 4 is 16.1 Å². The van der Waals surface area contributed by atoms with Crippen LogP contribution in [-0.2, 0) is 15.0 Å². The first kappa shape index (κ1) is 16.4. The van der Waals surface area contributed by atoms with E-state index in [2.05, 4.69) is 5.32 Å². The van der Waals surface area contributed by atoms with Crippen LogP contribution in [0.1, 0.15) is 26.7 Å². The molecule has 1 heterocycles. The van der Waals surface area contributed by atoms with Crippen LogP contribution in [0.2, 0.25) is 0 Å². The Morgan fingerprint density at radius 2 is 2.11 bits per heavy atom. The van der Waals surface area contributed by atoms with Gasteiger partial charge in [-0.25, -0.2) is 0 Å². The second-order valence-electron chi connectivity index (χ2n) is 5.13. The van der Waals surface area contributed by atoms with Crippen LogP contribution in [-0.4, -0.2) is 61.7 Å². The van der Waals surface area contributed by atoms with Gasteiger partial charge in [0.25, 0.3) is 10.2 Å². The van der Waals surface area contributed by atoms with Crippen molar-refractivity contribution in [2.75, 3.05) is 26.7 Å². The fourth-order valence-electron chi connectivity index (χ4n) is 2.06. The summed E-state index contributed by atoms with van der Waals surface area (Å²) in [5.74, 6) is -0.633. The molecule has 1 rings (SSSR count). The Hall–Kier alpha value is -0.700. The van der Waals surface area contributed by atoms with Crippen molar-refractivity contribution in [2.45, 2.75) is 38.8 Å². The molecule has 0 saturated carbocycles. The summed E-state index contributed by atoms with van der Waals surface area (Å²) in [6, 6.07) is -0.385. The van der Waals surface area contributed by atoms with E-state index in [1.165, 1.54) is 15.7 Å². The number of carbonyl (C=O) groups is 1. The molecule has 0 aromatic heterocycles. The molecule has 7 nitrogen and oxygen atoms in total. The average molecular weight is 292 g/mol. The van der Waals surface area contributed by atoms with Crippen LogP contribution >= 0.6 is 0 Å². The smallest absolute Gasteiger partial charge is 0.282 e. The molecule has 1 fully saturated rings. The van der Waals surface area contributed by atoms with Gasteiger partial charge in [0, 0.05) is 25.7 Å². The number of primary amides is 1. The van der Waals surface area contributed by atoms with Gasteiger partial charge in [0.1, 0.15) is 0 Å². The first-order valence-corrected chi connectivity index (χ1v) is 7.90. The standard InChI is InChI=1S/C11H24N4O3S/c1-9(2)14(3)19(17,18)15(8-11(12)16)10-5-4-6-13-7-10/h9-10,13H,4-8H2,1-3H3,(H2,12,16). The molecule has 112 valence electrons. The number of amides is 1. The maximum Gasteiger partial charge on any atom is 0.282 e. The zero-order valence-corrected chi connectivity index (χ0v) is 12.6. The molecule has 1 aliphatic rings. The molecule has 1 unspecified atom stereocenters. The number of hydrogen-bond donors (Lipinski definition) is 2. The summed E-state index contributed by atoms with van der Waals surface area (Å²) in [4.78, 5) is 11.2. The molecular formula is C11H24N4O3S. The summed E-state index contributed by atoms with van der Waals surface area (Å²) in [6.07, 6.45) is 1.63. The maximum absolute atomic E-state index is 12.5. The lowest BCUT2D eigenvalue weighted by Crippen LogP contribution is -2.55. The number of carbonyl (C=O) groups excluding carboxylic acids is 1. The van der Waals surface area contributed by atoms with E-state index in [1.807, 2.05) is 0 Å². The molecule has 1 amide bonds. The number of hydrogen-bond acceptors (Lipinski definition) is 4. The summed E-state index contributed by atoms with van der Waals surface area (Å²) >= 11 is 0. The third kappa shape index (κ3) is 4.13. The van der Waals surface area contributed by atoms with Crippen molar-refractivity contribution < 1.29 is 13.2 Å². The molecule has 0 aliphatic carbocycles. The molecule has 1 atom stereocenters. The van der Waals surface area contributed by atoms with Crippen molar-refractivity contribution in [3.8, 4) is 0 Å². The van der Waals surface area contributed by atoms with E-state index in [0.29, 0.717) is 6.54 Å². The van der Waals surface area contributed by atoms with E-state index in [0.717, 1.165) is 19.4 Å². The lowest BCUT2D eigenvalue weighted by molar-refractivity contribution is -0.118. The van der Waals surface area contributed by atoms with E-state index in [1.54, 1.807) is 13.8 Å². The molecule has 0 bridgehead atoms. The van der Waals surface area contributed by atoms with Crippen LogP contribution < -0.4 is 11.1 Å². The number of nitrogens with zero attached hydrogens (tertiary/aromatic N) is 2. The van der Waals surface area contributed by atoms with Gasteiger partial charge in [0.2, 0.25) is 5.91 Å². The van der Waals surface area contributed by atoms with Crippen molar-refractivity contribution in [2.24, 2.45) is 5.73 Å². The molecule has 0 aromatic rings. The second kappa shape index (κ2) is 6.65. The van der Waals surface area contributed by atoms with Crippen molar-refractivity contribution in [3.05, 3.63) is 0 Å². The van der Waals surface area contributed by atoms with Crippen LogP contribution in [0.15, 0.2) is 0 Å². The highest BCUT2D eigenvalue weighted by atomic mass is 32.2. The van der Waals surface area contributed by atoms with Gasteiger partial charge in [0.15, 0.2) is 0 Å². The SMILES string of the molecule is CC(C)N(C)S(=O)(=O)N(CC(N)=O)C1CCCNC1. The summed E-state index contributed by atoms with van der Waals surface area (Å²) < 4.78 is 27.5. The van der Waals surface area contributed by atoms with Gasteiger partial charge < -0.3 is 11.1 Å². The molecule has 8 heteroatoms. The van der Waals surface area contributed by atoms with Gasteiger partial charge in [0.05, 0.1) is 6.54 Å². The fraction of sp³-hybridized carbons (Fsp3) is 0.909. The molecule has 3 N–H and O–H groups in total. The summed E-state index contributed by atoms with van der Waals surface area (Å²) in [7, 11) is -2.15. The predicted molar refractivity (Wildman–Crippen MR) is 73.6 cm³/mol. The van der Waals surface area contributed by atoms with Gasteiger partial charge in [-0.15, -0.1) is 0 Å². The van der Waals surface area contributed by atoms with Crippen LogP contribution in [0, 0.1) is 0 Å². The van der Waals surface area contributed by atoms with Crippen LogP contribution in [0.3, 0.4) is 0 Å². The van der Waals surface area contributed by atoms with Gasteiger partial charge >= 0.3 is 0 Å². The minimum Gasteiger partial charge on any atom is -0.369 e. The molecule has 1 saturated heterocycles.